The molecule has 1 atom stereocenters. The van der Waals surface area contributed by atoms with Crippen LogP contribution < -0.4 is 10.1 Å². The fraction of sp³-hybridized carbons (Fsp3) is 0.500. The standard InChI is InChI=1S/C22H29N3O3S/c1-4-13-25(14-5-2)21(27)17-7-6-8-18-19(17)23-22(29-18)24-20(26)15-9-11-16(28-3)12-10-15/h9-12,17H,4-8,13-14H2,1-3H3,(H,23,24,26). The van der Waals surface area contributed by atoms with Gasteiger partial charge in [-0.1, -0.05) is 13.8 Å². The number of carbonyl (C=O) groups is 2. The molecule has 1 N–H and O–H groups in total. The first-order chi connectivity index (χ1) is 14.1. The molecular weight excluding hydrogens is 386 g/mol. The van der Waals surface area contributed by atoms with E-state index >= 15 is 0 Å². The second kappa shape index (κ2) is 9.87. The molecule has 0 radical (unpaired) electrons. The SMILES string of the molecule is CCCN(CCC)C(=O)C1CCCc2sc(NC(=O)c3ccc(OC)cc3)nc21. The second-order valence-corrected chi connectivity index (χ2v) is 8.36. The van der Waals surface area contributed by atoms with Crippen molar-refractivity contribution in [2.24, 2.45) is 0 Å². The molecule has 2 aromatic rings. The molecule has 1 aromatic carbocycles. The van der Waals surface area contributed by atoms with Gasteiger partial charge in [0.2, 0.25) is 5.91 Å². The van der Waals surface area contributed by atoms with E-state index < -0.39 is 0 Å². The number of ether oxygens (including phenoxy) is 1. The van der Waals surface area contributed by atoms with E-state index in [0.717, 1.165) is 55.8 Å². The van der Waals surface area contributed by atoms with Gasteiger partial charge in [0.25, 0.3) is 5.91 Å². The maximum absolute atomic E-state index is 13.1. The van der Waals surface area contributed by atoms with Gasteiger partial charge in [0, 0.05) is 23.5 Å². The highest BCUT2D eigenvalue weighted by Gasteiger charge is 2.33. The van der Waals surface area contributed by atoms with E-state index in [0.29, 0.717) is 16.4 Å². The van der Waals surface area contributed by atoms with E-state index in [-0.39, 0.29) is 17.7 Å². The summed E-state index contributed by atoms with van der Waals surface area (Å²) >= 11 is 1.49. The summed E-state index contributed by atoms with van der Waals surface area (Å²) in [5.41, 5.74) is 1.40. The Morgan fingerprint density at radius 1 is 1.21 bits per heavy atom. The summed E-state index contributed by atoms with van der Waals surface area (Å²) in [7, 11) is 1.59. The predicted octanol–water partition coefficient (Wildman–Crippen LogP) is 4.47. The number of fused-ring (bicyclic) bond motifs is 1. The summed E-state index contributed by atoms with van der Waals surface area (Å²) in [6, 6.07) is 6.96. The van der Waals surface area contributed by atoms with Gasteiger partial charge in [-0.2, -0.15) is 0 Å². The van der Waals surface area contributed by atoms with E-state index in [1.807, 2.05) is 4.90 Å². The molecule has 1 aliphatic rings. The third-order valence-corrected chi connectivity index (χ3v) is 6.17. The Bertz CT molecular complexity index is 841. The highest BCUT2D eigenvalue weighted by molar-refractivity contribution is 7.15. The Kier molecular flexibility index (Phi) is 7.25. The van der Waals surface area contributed by atoms with Gasteiger partial charge in [-0.05, 0) is 56.4 Å². The molecule has 156 valence electrons. The van der Waals surface area contributed by atoms with Crippen LogP contribution in [-0.2, 0) is 11.2 Å². The van der Waals surface area contributed by atoms with Crippen LogP contribution in [0.15, 0.2) is 24.3 Å². The van der Waals surface area contributed by atoms with E-state index in [9.17, 15) is 9.59 Å². The van der Waals surface area contributed by atoms with Gasteiger partial charge in [0.1, 0.15) is 5.75 Å². The summed E-state index contributed by atoms with van der Waals surface area (Å²) in [5.74, 6) is 0.476. The molecule has 0 bridgehead atoms. The minimum Gasteiger partial charge on any atom is -0.497 e. The number of nitrogens with zero attached hydrogens (tertiary/aromatic N) is 2. The van der Waals surface area contributed by atoms with Crippen LogP contribution in [0.2, 0.25) is 0 Å². The Morgan fingerprint density at radius 2 is 1.90 bits per heavy atom. The third-order valence-electron chi connectivity index (χ3n) is 5.12. The minimum atomic E-state index is -0.208. The summed E-state index contributed by atoms with van der Waals surface area (Å²) in [4.78, 5) is 33.5. The van der Waals surface area contributed by atoms with Crippen LogP contribution in [-0.4, -0.2) is 41.9 Å². The maximum Gasteiger partial charge on any atom is 0.257 e. The van der Waals surface area contributed by atoms with Crippen molar-refractivity contribution < 1.29 is 14.3 Å². The lowest BCUT2D eigenvalue weighted by atomic mass is 9.89. The number of anilines is 1. The van der Waals surface area contributed by atoms with E-state index in [1.54, 1.807) is 31.4 Å². The van der Waals surface area contributed by atoms with Gasteiger partial charge in [-0.25, -0.2) is 4.98 Å². The molecule has 1 aliphatic carbocycles. The number of carbonyl (C=O) groups excluding carboxylic acids is 2. The van der Waals surface area contributed by atoms with Crippen LogP contribution in [0.25, 0.3) is 0 Å². The summed E-state index contributed by atoms with van der Waals surface area (Å²) < 4.78 is 5.13. The van der Waals surface area contributed by atoms with E-state index in [2.05, 4.69) is 24.1 Å². The quantitative estimate of drug-likeness (QED) is 0.690. The minimum absolute atomic E-state index is 0.174. The van der Waals surface area contributed by atoms with Gasteiger partial charge < -0.3 is 9.64 Å². The fourth-order valence-electron chi connectivity index (χ4n) is 3.72. The van der Waals surface area contributed by atoms with Crippen LogP contribution in [0.1, 0.15) is 66.4 Å². The van der Waals surface area contributed by atoms with Crippen molar-refractivity contribution in [2.75, 3.05) is 25.5 Å². The Morgan fingerprint density at radius 3 is 2.52 bits per heavy atom. The van der Waals surface area contributed by atoms with Crippen molar-refractivity contribution in [2.45, 2.75) is 51.9 Å². The number of hydrogen-bond donors (Lipinski definition) is 1. The van der Waals surface area contributed by atoms with Gasteiger partial charge in [0.05, 0.1) is 18.7 Å². The molecule has 6 nitrogen and oxygen atoms in total. The molecule has 0 saturated carbocycles. The summed E-state index contributed by atoms with van der Waals surface area (Å²) in [6.45, 7) is 5.75. The number of amides is 2. The number of hydrogen-bond acceptors (Lipinski definition) is 5. The number of rotatable bonds is 8. The van der Waals surface area contributed by atoms with Crippen molar-refractivity contribution in [3.63, 3.8) is 0 Å². The number of benzene rings is 1. The molecule has 29 heavy (non-hydrogen) atoms. The topological polar surface area (TPSA) is 71.5 Å². The average Bonchev–Trinajstić information content (AvgIpc) is 3.15. The lowest BCUT2D eigenvalue weighted by Crippen LogP contribution is -2.37. The first-order valence-corrected chi connectivity index (χ1v) is 11.1. The van der Waals surface area contributed by atoms with E-state index in [4.69, 9.17) is 4.74 Å². The number of aryl methyl sites for hydroxylation is 1. The van der Waals surface area contributed by atoms with Crippen molar-refractivity contribution >= 4 is 28.3 Å². The molecule has 0 fully saturated rings. The lowest BCUT2D eigenvalue weighted by Gasteiger charge is -2.28. The van der Waals surface area contributed by atoms with Crippen LogP contribution in [0, 0.1) is 0 Å². The Hall–Kier alpha value is -2.41. The Labute approximate surface area is 176 Å². The van der Waals surface area contributed by atoms with Crippen molar-refractivity contribution in [3.8, 4) is 5.75 Å². The third kappa shape index (κ3) is 4.96. The normalized spacial score (nSPS) is 15.5. The first-order valence-electron chi connectivity index (χ1n) is 10.3. The van der Waals surface area contributed by atoms with Gasteiger partial charge >= 0.3 is 0 Å². The molecule has 1 unspecified atom stereocenters. The monoisotopic (exact) mass is 415 g/mol. The first kappa shape index (κ1) is 21.3. The number of methoxy groups -OCH3 is 1. The van der Waals surface area contributed by atoms with Crippen LogP contribution in [0.3, 0.4) is 0 Å². The summed E-state index contributed by atoms with van der Waals surface area (Å²) in [5, 5.41) is 3.46. The maximum atomic E-state index is 13.1. The zero-order valence-electron chi connectivity index (χ0n) is 17.4. The van der Waals surface area contributed by atoms with E-state index in [1.165, 1.54) is 11.3 Å². The van der Waals surface area contributed by atoms with Gasteiger partial charge in [-0.3, -0.25) is 14.9 Å². The zero-order valence-corrected chi connectivity index (χ0v) is 18.2. The van der Waals surface area contributed by atoms with Crippen molar-refractivity contribution in [1.29, 1.82) is 0 Å². The molecule has 1 heterocycles. The molecule has 3 rings (SSSR count). The predicted molar refractivity (Wildman–Crippen MR) is 116 cm³/mol. The molecule has 7 heteroatoms. The van der Waals surface area contributed by atoms with Crippen LogP contribution >= 0.6 is 11.3 Å². The molecule has 1 aromatic heterocycles. The van der Waals surface area contributed by atoms with Gasteiger partial charge in [-0.15, -0.1) is 11.3 Å². The lowest BCUT2D eigenvalue weighted by molar-refractivity contribution is -0.133. The average molecular weight is 416 g/mol. The molecule has 0 aliphatic heterocycles. The highest BCUT2D eigenvalue weighted by atomic mass is 32.1. The largest absolute Gasteiger partial charge is 0.497 e. The molecule has 0 spiro atoms. The zero-order chi connectivity index (χ0) is 20.8. The second-order valence-electron chi connectivity index (χ2n) is 7.28. The van der Waals surface area contributed by atoms with Crippen LogP contribution in [0.4, 0.5) is 5.13 Å². The number of aromatic nitrogens is 1. The van der Waals surface area contributed by atoms with Crippen molar-refractivity contribution in [1.82, 2.24) is 9.88 Å². The van der Waals surface area contributed by atoms with Crippen LogP contribution in [0.5, 0.6) is 5.75 Å². The smallest absolute Gasteiger partial charge is 0.257 e. The molecule has 0 saturated heterocycles. The fourth-order valence-corrected chi connectivity index (χ4v) is 4.78. The highest BCUT2D eigenvalue weighted by Crippen LogP contribution is 2.38. The summed E-state index contributed by atoms with van der Waals surface area (Å²) in [6.07, 6.45) is 4.61. The molecule has 2 amide bonds. The Balaban J connectivity index is 1.76. The molecular formula is C22H29N3O3S. The number of nitrogens with one attached hydrogen (secondary N) is 1. The number of thiazole rings is 1. The van der Waals surface area contributed by atoms with Crippen molar-refractivity contribution in [3.05, 3.63) is 40.4 Å². The van der Waals surface area contributed by atoms with Gasteiger partial charge in [0.15, 0.2) is 5.13 Å².